The van der Waals surface area contributed by atoms with Crippen LogP contribution in [0.3, 0.4) is 0 Å². The topological polar surface area (TPSA) is 148 Å². The first-order chi connectivity index (χ1) is 16.2. The quantitative estimate of drug-likeness (QED) is 0.279. The number of piperazine rings is 1. The van der Waals surface area contributed by atoms with Gasteiger partial charge in [0.1, 0.15) is 5.69 Å². The molecule has 0 spiro atoms. The van der Waals surface area contributed by atoms with Crippen LogP contribution in [0.25, 0.3) is 0 Å². The molecule has 0 unspecified atom stereocenters. The third-order valence-electron chi connectivity index (χ3n) is 5.13. The lowest BCUT2D eigenvalue weighted by Crippen LogP contribution is -2.52. The van der Waals surface area contributed by atoms with Crippen LogP contribution in [0.5, 0.6) is 0 Å². The summed E-state index contributed by atoms with van der Waals surface area (Å²) in [5.41, 5.74) is 0.154. The number of non-ortho nitro benzene ring substituents is 1. The predicted octanol–water partition coefficient (Wildman–Crippen LogP) is 2.52. The highest BCUT2D eigenvalue weighted by Gasteiger charge is 2.27. The average Bonchev–Trinajstić information content (AvgIpc) is 2.83. The van der Waals surface area contributed by atoms with Crippen molar-refractivity contribution in [1.82, 2.24) is 10.2 Å². The Labute approximate surface area is 199 Å². The fourth-order valence-electron chi connectivity index (χ4n) is 3.44. The van der Waals surface area contributed by atoms with Gasteiger partial charge in [0, 0.05) is 49.9 Å². The van der Waals surface area contributed by atoms with Crippen LogP contribution in [0.1, 0.15) is 27.6 Å². The molecule has 1 amide bonds. The molecule has 0 aliphatic carbocycles. The van der Waals surface area contributed by atoms with Crippen LogP contribution in [0.4, 0.5) is 17.1 Å². The molecule has 1 fully saturated rings. The van der Waals surface area contributed by atoms with Gasteiger partial charge in [-0.25, -0.2) is 4.79 Å². The van der Waals surface area contributed by atoms with Crippen molar-refractivity contribution in [2.45, 2.75) is 6.92 Å². The molecule has 1 aliphatic rings. The zero-order chi connectivity index (χ0) is 24.8. The molecule has 13 heteroatoms. The van der Waals surface area contributed by atoms with Gasteiger partial charge < -0.3 is 14.5 Å². The van der Waals surface area contributed by atoms with E-state index >= 15 is 0 Å². The third-order valence-corrected chi connectivity index (χ3v) is 5.49. The zero-order valence-electron chi connectivity index (χ0n) is 18.1. The van der Waals surface area contributed by atoms with Crippen molar-refractivity contribution in [3.05, 3.63) is 73.8 Å². The number of benzene rings is 2. The van der Waals surface area contributed by atoms with Gasteiger partial charge in [-0.1, -0.05) is 6.07 Å². The van der Waals surface area contributed by atoms with Crippen LogP contribution in [-0.4, -0.2) is 64.5 Å². The van der Waals surface area contributed by atoms with Crippen molar-refractivity contribution in [2.24, 2.45) is 0 Å². The Morgan fingerprint density at radius 1 is 1.03 bits per heavy atom. The first-order valence-electron chi connectivity index (χ1n) is 10.3. The van der Waals surface area contributed by atoms with Gasteiger partial charge in [-0.05, 0) is 37.3 Å². The molecule has 1 heterocycles. The number of carbonyl (C=O) groups excluding carboxylic acids is 2. The van der Waals surface area contributed by atoms with E-state index in [9.17, 15) is 29.8 Å². The van der Waals surface area contributed by atoms with Crippen molar-refractivity contribution in [3.8, 4) is 0 Å². The lowest BCUT2D eigenvalue weighted by Gasteiger charge is -2.37. The van der Waals surface area contributed by atoms with E-state index in [-0.39, 0.29) is 34.2 Å². The van der Waals surface area contributed by atoms with E-state index in [0.717, 1.165) is 6.07 Å². The predicted molar refractivity (Wildman–Crippen MR) is 126 cm³/mol. The molecule has 1 N–H and O–H groups in total. The minimum atomic E-state index is -0.633. The molecule has 0 radical (unpaired) electrons. The van der Waals surface area contributed by atoms with Gasteiger partial charge in [0.25, 0.3) is 17.3 Å². The number of nitrogens with one attached hydrogen (secondary N) is 1. The van der Waals surface area contributed by atoms with Crippen LogP contribution in [-0.2, 0) is 4.74 Å². The Morgan fingerprint density at radius 3 is 2.35 bits per heavy atom. The number of esters is 1. The Morgan fingerprint density at radius 2 is 1.74 bits per heavy atom. The molecule has 1 saturated heterocycles. The maximum Gasteiger partial charge on any atom is 0.338 e. The Kier molecular flexibility index (Phi) is 7.68. The van der Waals surface area contributed by atoms with E-state index in [4.69, 9.17) is 17.0 Å². The van der Waals surface area contributed by atoms with Crippen LogP contribution in [0.2, 0.25) is 0 Å². The van der Waals surface area contributed by atoms with E-state index in [1.165, 1.54) is 36.4 Å². The van der Waals surface area contributed by atoms with Crippen LogP contribution < -0.4 is 10.2 Å². The smallest absolute Gasteiger partial charge is 0.338 e. The summed E-state index contributed by atoms with van der Waals surface area (Å²) in [7, 11) is 0. The van der Waals surface area contributed by atoms with Gasteiger partial charge in [-0.15, -0.1) is 0 Å². The summed E-state index contributed by atoms with van der Waals surface area (Å²) < 4.78 is 4.91. The SMILES string of the molecule is CCOC(=O)c1ccc(N2CCN(C(=S)NC(=O)c3cccc([N+](=O)[O-])c3)CC2)c([N+](=O)[O-])c1. The van der Waals surface area contributed by atoms with E-state index < -0.39 is 21.7 Å². The number of nitro benzene ring substituents is 2. The molecule has 2 aromatic carbocycles. The van der Waals surface area contributed by atoms with Crippen molar-refractivity contribution in [3.63, 3.8) is 0 Å². The fourth-order valence-corrected chi connectivity index (χ4v) is 3.71. The standard InChI is InChI=1S/C21H21N5O7S/c1-2-33-20(28)15-6-7-17(18(13-15)26(31)32)23-8-10-24(11-9-23)21(34)22-19(27)14-4-3-5-16(12-14)25(29)30/h3-7,12-13H,2,8-11H2,1H3,(H,22,27,34). The van der Waals surface area contributed by atoms with E-state index in [0.29, 0.717) is 31.9 Å². The Bertz CT molecular complexity index is 1150. The van der Waals surface area contributed by atoms with Crippen molar-refractivity contribution >= 4 is 46.3 Å². The number of ether oxygens (including phenoxy) is 1. The van der Waals surface area contributed by atoms with E-state index in [2.05, 4.69) is 5.32 Å². The summed E-state index contributed by atoms with van der Waals surface area (Å²) in [5.74, 6) is -1.20. The maximum absolute atomic E-state index is 12.4. The fraction of sp³-hybridized carbons (Fsp3) is 0.286. The second kappa shape index (κ2) is 10.7. The lowest BCUT2D eigenvalue weighted by atomic mass is 10.1. The summed E-state index contributed by atoms with van der Waals surface area (Å²) in [5, 5.41) is 25.2. The monoisotopic (exact) mass is 487 g/mol. The second-order valence-electron chi connectivity index (χ2n) is 7.22. The van der Waals surface area contributed by atoms with Gasteiger partial charge in [-0.2, -0.15) is 0 Å². The molecule has 3 rings (SSSR count). The molecule has 0 bridgehead atoms. The molecule has 178 valence electrons. The van der Waals surface area contributed by atoms with Crippen molar-refractivity contribution in [2.75, 3.05) is 37.7 Å². The Hall–Kier alpha value is -4.13. The molecular formula is C21H21N5O7S. The van der Waals surface area contributed by atoms with Gasteiger partial charge >= 0.3 is 5.97 Å². The second-order valence-corrected chi connectivity index (χ2v) is 7.61. The summed E-state index contributed by atoms with van der Waals surface area (Å²) in [4.78, 5) is 49.3. The number of anilines is 1. The number of rotatable bonds is 6. The Balaban J connectivity index is 1.64. The first kappa shape index (κ1) is 24.5. The van der Waals surface area contributed by atoms with Crippen LogP contribution in [0.15, 0.2) is 42.5 Å². The van der Waals surface area contributed by atoms with Crippen molar-refractivity contribution < 1.29 is 24.2 Å². The molecule has 0 saturated carbocycles. The van der Waals surface area contributed by atoms with E-state index in [1.807, 2.05) is 0 Å². The van der Waals surface area contributed by atoms with Gasteiger partial charge in [0.05, 0.1) is 22.0 Å². The summed E-state index contributed by atoms with van der Waals surface area (Å²) in [6, 6.07) is 9.50. The lowest BCUT2D eigenvalue weighted by molar-refractivity contribution is -0.384. The number of nitro groups is 2. The minimum absolute atomic E-state index is 0.0981. The van der Waals surface area contributed by atoms with E-state index in [1.54, 1.807) is 16.7 Å². The van der Waals surface area contributed by atoms with Gasteiger partial charge in [0.2, 0.25) is 0 Å². The number of hydrogen-bond acceptors (Lipinski definition) is 9. The molecule has 2 aromatic rings. The molecule has 0 atom stereocenters. The third kappa shape index (κ3) is 5.61. The van der Waals surface area contributed by atoms with Crippen LogP contribution in [0, 0.1) is 20.2 Å². The molecule has 0 aromatic heterocycles. The van der Waals surface area contributed by atoms with Crippen molar-refractivity contribution in [1.29, 1.82) is 0 Å². The minimum Gasteiger partial charge on any atom is -0.462 e. The first-order valence-corrected chi connectivity index (χ1v) is 10.7. The zero-order valence-corrected chi connectivity index (χ0v) is 18.9. The average molecular weight is 487 g/mol. The van der Waals surface area contributed by atoms with Crippen LogP contribution >= 0.6 is 12.2 Å². The summed E-state index contributed by atoms with van der Waals surface area (Å²) in [6.07, 6.45) is 0. The number of hydrogen-bond donors (Lipinski definition) is 1. The number of nitrogens with zero attached hydrogens (tertiary/aromatic N) is 4. The number of thiocarbonyl (C=S) groups is 1. The highest BCUT2D eigenvalue weighted by atomic mass is 32.1. The van der Waals surface area contributed by atoms with Gasteiger partial charge in [-0.3, -0.25) is 30.3 Å². The molecule has 12 nitrogen and oxygen atoms in total. The largest absolute Gasteiger partial charge is 0.462 e. The number of amides is 1. The van der Waals surface area contributed by atoms with Gasteiger partial charge in [0.15, 0.2) is 5.11 Å². The molecule has 1 aliphatic heterocycles. The highest BCUT2D eigenvalue weighted by molar-refractivity contribution is 7.80. The summed E-state index contributed by atoms with van der Waals surface area (Å²) in [6.45, 7) is 3.33. The highest BCUT2D eigenvalue weighted by Crippen LogP contribution is 2.30. The summed E-state index contributed by atoms with van der Waals surface area (Å²) >= 11 is 5.31. The normalized spacial score (nSPS) is 13.2. The maximum atomic E-state index is 12.4. The number of carbonyl (C=O) groups is 2. The molecular weight excluding hydrogens is 466 g/mol. The molecule has 34 heavy (non-hydrogen) atoms.